The number of nitrogens with one attached hydrogen (secondary N) is 2. The summed E-state index contributed by atoms with van der Waals surface area (Å²) in [5.41, 5.74) is 0. The summed E-state index contributed by atoms with van der Waals surface area (Å²) in [6, 6.07) is 3.68. The lowest BCUT2D eigenvalue weighted by atomic mass is 10.2. The Morgan fingerprint density at radius 3 is 2.81 bits per heavy atom. The van der Waals surface area contributed by atoms with Crippen molar-refractivity contribution in [1.82, 2.24) is 30.3 Å². The van der Waals surface area contributed by atoms with Crippen LogP contribution in [-0.2, 0) is 6.42 Å². The third-order valence-corrected chi connectivity index (χ3v) is 4.43. The van der Waals surface area contributed by atoms with E-state index in [4.69, 9.17) is 4.42 Å². The number of guanidine groups is 1. The van der Waals surface area contributed by atoms with E-state index in [0.29, 0.717) is 17.5 Å². The first-order chi connectivity index (χ1) is 12.7. The van der Waals surface area contributed by atoms with Crippen molar-refractivity contribution in [2.75, 3.05) is 46.3 Å². The van der Waals surface area contributed by atoms with Crippen LogP contribution in [0.1, 0.15) is 19.7 Å². The third kappa shape index (κ3) is 4.85. The van der Waals surface area contributed by atoms with Gasteiger partial charge in [-0.25, -0.2) is 4.98 Å². The molecule has 0 saturated carbocycles. The molecule has 1 aliphatic rings. The molecule has 2 aromatic rings. The van der Waals surface area contributed by atoms with Gasteiger partial charge in [0.15, 0.2) is 11.7 Å². The van der Waals surface area contributed by atoms with Gasteiger partial charge in [0.05, 0.1) is 6.26 Å². The molecule has 0 amide bonds. The molecule has 0 atom stereocenters. The predicted molar refractivity (Wildman–Crippen MR) is 102 cm³/mol. The van der Waals surface area contributed by atoms with E-state index in [1.807, 2.05) is 19.2 Å². The summed E-state index contributed by atoms with van der Waals surface area (Å²) < 4.78 is 5.31. The second-order valence-electron chi connectivity index (χ2n) is 6.99. The Morgan fingerprint density at radius 2 is 2.15 bits per heavy atom. The van der Waals surface area contributed by atoms with Crippen LogP contribution in [0.5, 0.6) is 0 Å². The lowest BCUT2D eigenvalue weighted by Gasteiger charge is -2.37. The molecule has 2 aromatic heterocycles. The van der Waals surface area contributed by atoms with Gasteiger partial charge in [-0.3, -0.25) is 15.0 Å². The molecule has 1 aliphatic heterocycles. The van der Waals surface area contributed by atoms with Gasteiger partial charge in [-0.2, -0.15) is 5.10 Å². The van der Waals surface area contributed by atoms with Crippen LogP contribution in [0.25, 0.3) is 11.6 Å². The van der Waals surface area contributed by atoms with Crippen LogP contribution in [0.3, 0.4) is 0 Å². The van der Waals surface area contributed by atoms with E-state index in [9.17, 15) is 0 Å². The molecule has 0 bridgehead atoms. The monoisotopic (exact) mass is 359 g/mol. The number of furan rings is 1. The van der Waals surface area contributed by atoms with Crippen molar-refractivity contribution < 1.29 is 4.42 Å². The molecule has 8 nitrogen and oxygen atoms in total. The summed E-state index contributed by atoms with van der Waals surface area (Å²) in [7, 11) is 1.84. The number of rotatable bonds is 6. The molecule has 0 aromatic carbocycles. The highest BCUT2D eigenvalue weighted by Crippen LogP contribution is 2.14. The molecule has 142 valence electrons. The zero-order valence-corrected chi connectivity index (χ0v) is 15.9. The van der Waals surface area contributed by atoms with Crippen LogP contribution in [0, 0.1) is 5.92 Å². The Kier molecular flexibility index (Phi) is 6.27. The number of aromatic nitrogens is 3. The summed E-state index contributed by atoms with van der Waals surface area (Å²) in [6.45, 7) is 10.7. The summed E-state index contributed by atoms with van der Waals surface area (Å²) in [4.78, 5) is 13.7. The highest BCUT2D eigenvalue weighted by atomic mass is 16.3. The van der Waals surface area contributed by atoms with Crippen LogP contribution >= 0.6 is 0 Å². The van der Waals surface area contributed by atoms with Crippen LogP contribution in [0.15, 0.2) is 27.8 Å². The summed E-state index contributed by atoms with van der Waals surface area (Å²) in [6.07, 6.45) is 2.37. The van der Waals surface area contributed by atoms with E-state index < -0.39 is 0 Å². The molecule has 1 fully saturated rings. The largest absolute Gasteiger partial charge is 0.461 e. The lowest BCUT2D eigenvalue weighted by molar-refractivity contribution is 0.164. The second-order valence-corrected chi connectivity index (χ2v) is 6.99. The molecular weight excluding hydrogens is 330 g/mol. The Morgan fingerprint density at radius 1 is 1.35 bits per heavy atom. The van der Waals surface area contributed by atoms with E-state index in [1.54, 1.807) is 6.26 Å². The minimum absolute atomic E-state index is 0.593. The van der Waals surface area contributed by atoms with Gasteiger partial charge in [0.2, 0.25) is 5.82 Å². The minimum atomic E-state index is 0.593. The second kappa shape index (κ2) is 8.84. The molecule has 1 saturated heterocycles. The van der Waals surface area contributed by atoms with Crippen LogP contribution in [0.2, 0.25) is 0 Å². The van der Waals surface area contributed by atoms with Gasteiger partial charge in [0.1, 0.15) is 5.82 Å². The van der Waals surface area contributed by atoms with E-state index in [2.05, 4.69) is 49.1 Å². The highest BCUT2D eigenvalue weighted by Gasteiger charge is 2.19. The molecule has 0 unspecified atom stereocenters. The SMILES string of the molecule is CN=C(NCCc1nc(-c2ccco2)n[nH]1)N1CCN(CC(C)C)CC1. The van der Waals surface area contributed by atoms with Crippen LogP contribution in [-0.4, -0.2) is 77.3 Å². The fourth-order valence-corrected chi connectivity index (χ4v) is 3.21. The van der Waals surface area contributed by atoms with Gasteiger partial charge in [-0.15, -0.1) is 0 Å². The van der Waals surface area contributed by atoms with Gasteiger partial charge in [-0.05, 0) is 18.1 Å². The van der Waals surface area contributed by atoms with E-state index in [1.165, 1.54) is 6.54 Å². The first-order valence-corrected chi connectivity index (χ1v) is 9.29. The van der Waals surface area contributed by atoms with E-state index in [0.717, 1.165) is 50.9 Å². The molecular formula is C18H29N7O. The maximum atomic E-state index is 5.31. The quantitative estimate of drug-likeness (QED) is 0.600. The Balaban J connectivity index is 1.44. The molecule has 0 spiro atoms. The van der Waals surface area contributed by atoms with Crippen molar-refractivity contribution in [1.29, 1.82) is 0 Å². The van der Waals surface area contributed by atoms with Crippen molar-refractivity contribution in [3.8, 4) is 11.6 Å². The number of aliphatic imine (C=N–C) groups is 1. The minimum Gasteiger partial charge on any atom is -0.461 e. The summed E-state index contributed by atoms with van der Waals surface area (Å²) in [5.74, 6) is 3.78. The van der Waals surface area contributed by atoms with Gasteiger partial charge < -0.3 is 14.6 Å². The van der Waals surface area contributed by atoms with Crippen LogP contribution < -0.4 is 5.32 Å². The Labute approximate surface area is 154 Å². The smallest absolute Gasteiger partial charge is 0.216 e. The number of aromatic amines is 1. The fraction of sp³-hybridized carbons (Fsp3) is 0.611. The van der Waals surface area contributed by atoms with E-state index in [-0.39, 0.29) is 0 Å². The standard InChI is InChI=1S/C18H29N7O/c1-14(2)13-24-8-10-25(11-9-24)18(19-3)20-7-6-16-21-17(23-22-16)15-5-4-12-26-15/h4-5,12,14H,6-11,13H2,1-3H3,(H,19,20)(H,21,22,23). The molecule has 2 N–H and O–H groups in total. The maximum absolute atomic E-state index is 5.31. The average molecular weight is 359 g/mol. The van der Waals surface area contributed by atoms with Crippen molar-refractivity contribution in [3.63, 3.8) is 0 Å². The van der Waals surface area contributed by atoms with Crippen molar-refractivity contribution in [2.24, 2.45) is 10.9 Å². The fourth-order valence-electron chi connectivity index (χ4n) is 3.21. The van der Waals surface area contributed by atoms with Crippen molar-refractivity contribution >= 4 is 5.96 Å². The lowest BCUT2D eigenvalue weighted by Crippen LogP contribution is -2.53. The summed E-state index contributed by atoms with van der Waals surface area (Å²) >= 11 is 0. The maximum Gasteiger partial charge on any atom is 0.216 e. The first kappa shape index (κ1) is 18.4. The average Bonchev–Trinajstić information content (AvgIpc) is 3.30. The Bertz CT molecular complexity index is 684. The van der Waals surface area contributed by atoms with Crippen LogP contribution in [0.4, 0.5) is 0 Å². The molecule has 3 heterocycles. The van der Waals surface area contributed by atoms with Gasteiger partial charge >= 0.3 is 0 Å². The number of hydrogen-bond donors (Lipinski definition) is 2. The van der Waals surface area contributed by atoms with Gasteiger partial charge in [0, 0.05) is 52.7 Å². The molecule has 8 heteroatoms. The zero-order chi connectivity index (χ0) is 18.4. The predicted octanol–water partition coefficient (Wildman–Crippen LogP) is 1.46. The summed E-state index contributed by atoms with van der Waals surface area (Å²) in [5, 5.41) is 10.6. The molecule has 0 aliphatic carbocycles. The van der Waals surface area contributed by atoms with Crippen molar-refractivity contribution in [3.05, 3.63) is 24.2 Å². The third-order valence-electron chi connectivity index (χ3n) is 4.43. The molecule has 0 radical (unpaired) electrons. The highest BCUT2D eigenvalue weighted by molar-refractivity contribution is 5.80. The number of hydrogen-bond acceptors (Lipinski definition) is 5. The topological polar surface area (TPSA) is 85.6 Å². The zero-order valence-electron chi connectivity index (χ0n) is 15.9. The number of H-pyrrole nitrogens is 1. The Hall–Kier alpha value is -2.35. The first-order valence-electron chi connectivity index (χ1n) is 9.29. The normalized spacial score (nSPS) is 16.5. The van der Waals surface area contributed by atoms with Gasteiger partial charge in [0.25, 0.3) is 0 Å². The van der Waals surface area contributed by atoms with Gasteiger partial charge in [-0.1, -0.05) is 13.8 Å². The molecule has 3 rings (SSSR count). The van der Waals surface area contributed by atoms with Crippen molar-refractivity contribution in [2.45, 2.75) is 20.3 Å². The van der Waals surface area contributed by atoms with E-state index >= 15 is 0 Å². The number of piperazine rings is 1. The number of nitrogens with zero attached hydrogens (tertiary/aromatic N) is 5. The molecule has 26 heavy (non-hydrogen) atoms.